The lowest BCUT2D eigenvalue weighted by atomic mass is 10.1. The van der Waals surface area contributed by atoms with Crippen molar-refractivity contribution in [1.82, 2.24) is 19.8 Å². The fourth-order valence-electron chi connectivity index (χ4n) is 4.73. The second-order valence-corrected chi connectivity index (χ2v) is 11.6. The van der Waals surface area contributed by atoms with E-state index in [4.69, 9.17) is 10.2 Å². The highest BCUT2D eigenvalue weighted by Gasteiger charge is 2.30. The van der Waals surface area contributed by atoms with Gasteiger partial charge >= 0.3 is 6.03 Å². The topological polar surface area (TPSA) is 179 Å². The van der Waals surface area contributed by atoms with Crippen LogP contribution in [0.5, 0.6) is 0 Å². The summed E-state index contributed by atoms with van der Waals surface area (Å²) in [7, 11) is -3.97. The van der Waals surface area contributed by atoms with Crippen molar-refractivity contribution in [3.05, 3.63) is 30.0 Å². The zero-order valence-electron chi connectivity index (χ0n) is 21.9. The molecular formula is C25H35N7O6S. The number of amides is 4. The summed E-state index contributed by atoms with van der Waals surface area (Å²) in [5.74, 6) is -0.276. The summed E-state index contributed by atoms with van der Waals surface area (Å²) in [5.41, 5.74) is 6.24. The minimum Gasteiger partial charge on any atom is -0.461 e. The molecule has 1 aromatic heterocycles. The number of benzene rings is 1. The number of likely N-dealkylation sites (tertiary alicyclic amines) is 2. The Morgan fingerprint density at radius 3 is 2.62 bits per heavy atom. The van der Waals surface area contributed by atoms with Crippen LogP contribution < -0.4 is 21.1 Å². The molecule has 13 nitrogen and oxygen atoms in total. The summed E-state index contributed by atoms with van der Waals surface area (Å²) in [6, 6.07) is 5.36. The molecule has 212 valence electrons. The molecule has 39 heavy (non-hydrogen) atoms. The van der Waals surface area contributed by atoms with E-state index in [0.717, 1.165) is 30.4 Å². The molecule has 3 heterocycles. The van der Waals surface area contributed by atoms with Crippen LogP contribution in [0.2, 0.25) is 0 Å². The lowest BCUT2D eigenvalue weighted by molar-refractivity contribution is -0.140. The van der Waals surface area contributed by atoms with Gasteiger partial charge in [0.05, 0.1) is 12.3 Å². The van der Waals surface area contributed by atoms with Crippen molar-refractivity contribution in [2.75, 3.05) is 43.8 Å². The summed E-state index contributed by atoms with van der Waals surface area (Å²) in [5, 5.41) is 6.04. The molecule has 0 unspecified atom stereocenters. The maximum absolute atomic E-state index is 13.4. The molecule has 4 rings (SSSR count). The number of furan rings is 1. The Bertz CT molecular complexity index is 1350. The number of hydrogen-bond donors (Lipinski definition) is 4. The number of nitrogens with one attached hydrogen (secondary N) is 3. The Kier molecular flexibility index (Phi) is 8.94. The van der Waals surface area contributed by atoms with Gasteiger partial charge in [-0.2, -0.15) is 0 Å². The molecule has 5 N–H and O–H groups in total. The molecule has 2 aromatic rings. The predicted molar refractivity (Wildman–Crippen MR) is 147 cm³/mol. The smallest absolute Gasteiger partial charge is 0.312 e. The average Bonchev–Trinajstić information content (AvgIpc) is 3.49. The van der Waals surface area contributed by atoms with E-state index in [9.17, 15) is 22.8 Å². The lowest BCUT2D eigenvalue weighted by Crippen LogP contribution is -2.46. The van der Waals surface area contributed by atoms with Gasteiger partial charge in [-0.3, -0.25) is 14.3 Å². The number of rotatable bonds is 8. The van der Waals surface area contributed by atoms with Crippen LogP contribution in [-0.2, 0) is 19.6 Å². The number of fused-ring (bicyclic) bond motifs is 1. The fraction of sp³-hybridized carbons (Fsp3) is 0.520. The third-order valence-corrected chi connectivity index (χ3v) is 7.89. The van der Waals surface area contributed by atoms with Crippen LogP contribution in [0.4, 0.5) is 10.5 Å². The van der Waals surface area contributed by atoms with E-state index < -0.39 is 27.8 Å². The third-order valence-electron chi connectivity index (χ3n) is 6.65. The highest BCUT2D eigenvalue weighted by Crippen LogP contribution is 2.23. The van der Waals surface area contributed by atoms with Gasteiger partial charge < -0.3 is 30.6 Å². The summed E-state index contributed by atoms with van der Waals surface area (Å²) in [4.78, 5) is 44.9. The number of aryl methyl sites for hydroxylation is 1. The number of carbonyl (C=O) groups is 3. The number of sulfonamides is 1. The van der Waals surface area contributed by atoms with E-state index in [2.05, 4.69) is 20.3 Å². The minimum absolute atomic E-state index is 0.0192. The fourth-order valence-corrected chi connectivity index (χ4v) is 5.60. The van der Waals surface area contributed by atoms with Gasteiger partial charge in [-0.15, -0.1) is 0 Å². The van der Waals surface area contributed by atoms with Gasteiger partial charge in [0.2, 0.25) is 27.8 Å². The third kappa shape index (κ3) is 7.85. The van der Waals surface area contributed by atoms with Gasteiger partial charge in [0, 0.05) is 37.3 Å². The highest BCUT2D eigenvalue weighted by molar-refractivity contribution is 7.90. The van der Waals surface area contributed by atoms with Gasteiger partial charge in [0.15, 0.2) is 0 Å². The van der Waals surface area contributed by atoms with E-state index in [0.29, 0.717) is 43.7 Å². The zero-order chi connectivity index (χ0) is 28.0. The Balaban J connectivity index is 1.56. The molecule has 1 aromatic carbocycles. The van der Waals surface area contributed by atoms with Crippen molar-refractivity contribution < 1.29 is 27.2 Å². The number of hydrogen-bond acceptors (Lipinski definition) is 7. The van der Waals surface area contributed by atoms with Crippen molar-refractivity contribution in [2.24, 2.45) is 10.7 Å². The average molecular weight is 562 g/mol. The molecule has 0 bridgehead atoms. The molecule has 0 saturated carbocycles. The number of nitrogens with zero attached hydrogens (tertiary/aromatic N) is 3. The molecule has 0 aliphatic carbocycles. The molecular weight excluding hydrogens is 526 g/mol. The van der Waals surface area contributed by atoms with Crippen LogP contribution in [-0.4, -0.2) is 86.5 Å². The monoisotopic (exact) mass is 561 g/mol. The largest absolute Gasteiger partial charge is 0.461 e. The maximum Gasteiger partial charge on any atom is 0.312 e. The van der Waals surface area contributed by atoms with Crippen molar-refractivity contribution in [3.8, 4) is 0 Å². The highest BCUT2D eigenvalue weighted by atomic mass is 32.2. The van der Waals surface area contributed by atoms with Crippen LogP contribution in [0.3, 0.4) is 0 Å². The van der Waals surface area contributed by atoms with Gasteiger partial charge in [-0.25, -0.2) is 18.2 Å². The molecule has 0 radical (unpaired) electrons. The number of nitrogens with two attached hydrogens (primary N) is 1. The predicted octanol–water partition coefficient (Wildman–Crippen LogP) is 1.10. The Morgan fingerprint density at radius 2 is 1.87 bits per heavy atom. The number of carbonyl (C=O) groups excluding carboxylic acids is 3. The van der Waals surface area contributed by atoms with Gasteiger partial charge in [-0.1, -0.05) is 0 Å². The van der Waals surface area contributed by atoms with Crippen molar-refractivity contribution in [3.63, 3.8) is 0 Å². The van der Waals surface area contributed by atoms with E-state index in [1.807, 2.05) is 13.0 Å². The van der Waals surface area contributed by atoms with E-state index in [1.165, 1.54) is 4.90 Å². The Hall–Kier alpha value is -3.81. The summed E-state index contributed by atoms with van der Waals surface area (Å²) < 4.78 is 33.6. The van der Waals surface area contributed by atoms with E-state index >= 15 is 0 Å². The summed E-state index contributed by atoms with van der Waals surface area (Å²) in [6.07, 6.45) is 3.73. The number of aliphatic imine (C=N–C) groups is 1. The maximum atomic E-state index is 13.4. The van der Waals surface area contributed by atoms with Gasteiger partial charge in [0.1, 0.15) is 17.4 Å². The van der Waals surface area contributed by atoms with E-state index in [1.54, 1.807) is 23.1 Å². The number of guanidine groups is 1. The SMILES string of the molecule is Cc1cc2cc(NC(=N[C@H]3CCCCN(CC(=O)N4CCCC4)C3=O)NS(=O)(=O)CCNC(N)=O)ccc2o1. The summed E-state index contributed by atoms with van der Waals surface area (Å²) in [6.45, 7) is 3.44. The number of primary amides is 1. The second-order valence-electron chi connectivity index (χ2n) is 9.78. The van der Waals surface area contributed by atoms with Crippen LogP contribution in [0, 0.1) is 6.92 Å². The van der Waals surface area contributed by atoms with Crippen LogP contribution in [0.15, 0.2) is 33.7 Å². The van der Waals surface area contributed by atoms with Crippen LogP contribution >= 0.6 is 0 Å². The number of urea groups is 1. The lowest BCUT2D eigenvalue weighted by Gasteiger charge is -2.25. The van der Waals surface area contributed by atoms with Crippen LogP contribution in [0.1, 0.15) is 37.9 Å². The standard InChI is InChI=1S/C25H35N7O6S/c1-17-14-18-15-19(7-8-21(18)38-17)28-25(30-39(36,37)13-9-27-24(26)35)29-20-6-2-3-12-32(23(20)34)16-22(33)31-10-4-5-11-31/h7-8,14-15,20H,2-6,9-13,16H2,1H3,(H3,26,27,35)(H2,28,29,30)/t20-/m0/s1. The Morgan fingerprint density at radius 1 is 1.13 bits per heavy atom. The molecule has 2 aliphatic heterocycles. The van der Waals surface area contributed by atoms with Crippen molar-refractivity contribution >= 4 is 50.5 Å². The van der Waals surface area contributed by atoms with E-state index in [-0.39, 0.29) is 30.9 Å². The number of anilines is 1. The van der Waals surface area contributed by atoms with Crippen molar-refractivity contribution in [1.29, 1.82) is 0 Å². The first kappa shape index (κ1) is 28.2. The first-order valence-corrected chi connectivity index (χ1v) is 14.7. The summed E-state index contributed by atoms with van der Waals surface area (Å²) >= 11 is 0. The Labute approximate surface area is 227 Å². The molecule has 4 amide bonds. The molecule has 2 fully saturated rings. The normalized spacial score (nSPS) is 18.7. The quantitative estimate of drug-likeness (QED) is 0.275. The zero-order valence-corrected chi connectivity index (χ0v) is 22.8. The first-order valence-electron chi connectivity index (χ1n) is 13.0. The molecule has 2 saturated heterocycles. The molecule has 0 spiro atoms. The second kappa shape index (κ2) is 12.4. The molecule has 1 atom stereocenters. The van der Waals surface area contributed by atoms with Crippen LogP contribution in [0.25, 0.3) is 11.0 Å². The van der Waals surface area contributed by atoms with Gasteiger partial charge in [0.25, 0.3) is 0 Å². The van der Waals surface area contributed by atoms with Gasteiger partial charge in [-0.05, 0) is 63.3 Å². The molecule has 2 aliphatic rings. The minimum atomic E-state index is -3.97. The van der Waals surface area contributed by atoms with Crippen molar-refractivity contribution in [2.45, 2.75) is 45.1 Å². The molecule has 14 heteroatoms. The first-order chi connectivity index (χ1) is 18.6.